The second-order valence-corrected chi connectivity index (χ2v) is 4.77. The summed E-state index contributed by atoms with van der Waals surface area (Å²) in [6.45, 7) is 1.68. The summed E-state index contributed by atoms with van der Waals surface area (Å²) < 4.78 is 5.63. The Hall–Kier alpha value is -1.22. The Bertz CT molecular complexity index is 553. The summed E-state index contributed by atoms with van der Waals surface area (Å²) in [5.41, 5.74) is 0.749. The second kappa shape index (κ2) is 5.61. The molecule has 0 fully saturated rings. The molecule has 1 N–H and O–H groups in total. The van der Waals surface area contributed by atoms with Gasteiger partial charge in [-0.2, -0.15) is 0 Å². The van der Waals surface area contributed by atoms with Crippen LogP contribution in [0.15, 0.2) is 42.5 Å². The van der Waals surface area contributed by atoms with E-state index in [1.807, 2.05) is 0 Å². The van der Waals surface area contributed by atoms with Crippen molar-refractivity contribution in [3.63, 3.8) is 0 Å². The minimum Gasteiger partial charge on any atom is -0.456 e. The maximum atomic E-state index is 9.45. The molecule has 2 aromatic rings. The number of aliphatic hydroxyl groups is 1. The van der Waals surface area contributed by atoms with Crippen LogP contribution in [-0.2, 0) is 0 Å². The Morgan fingerprint density at radius 1 is 1.11 bits per heavy atom. The Morgan fingerprint density at radius 3 is 2.50 bits per heavy atom. The fourth-order valence-corrected chi connectivity index (χ4v) is 1.93. The number of rotatable bonds is 3. The van der Waals surface area contributed by atoms with E-state index in [1.165, 1.54) is 0 Å². The molecule has 18 heavy (non-hydrogen) atoms. The highest BCUT2D eigenvalue weighted by atomic mass is 35.5. The summed E-state index contributed by atoms with van der Waals surface area (Å²) in [5, 5.41) is 10.5. The van der Waals surface area contributed by atoms with Gasteiger partial charge >= 0.3 is 0 Å². The van der Waals surface area contributed by atoms with E-state index < -0.39 is 6.10 Å². The summed E-state index contributed by atoms with van der Waals surface area (Å²) >= 11 is 12.0. The number of aliphatic hydroxyl groups excluding tert-OH is 1. The molecule has 4 heteroatoms. The molecule has 0 unspecified atom stereocenters. The summed E-state index contributed by atoms with van der Waals surface area (Å²) in [4.78, 5) is 0. The Kier molecular flexibility index (Phi) is 4.12. The van der Waals surface area contributed by atoms with Crippen molar-refractivity contribution >= 4 is 23.2 Å². The molecular weight excluding hydrogens is 271 g/mol. The van der Waals surface area contributed by atoms with Gasteiger partial charge in [0.2, 0.25) is 0 Å². The van der Waals surface area contributed by atoms with Gasteiger partial charge in [-0.1, -0.05) is 35.3 Å². The van der Waals surface area contributed by atoms with Gasteiger partial charge in [-0.15, -0.1) is 0 Å². The molecular formula is C14H12Cl2O2. The third-order valence-corrected chi connectivity index (χ3v) is 2.99. The van der Waals surface area contributed by atoms with Gasteiger partial charge in [0.25, 0.3) is 0 Å². The third-order valence-electron chi connectivity index (χ3n) is 2.46. The van der Waals surface area contributed by atoms with Crippen molar-refractivity contribution in [3.8, 4) is 11.5 Å². The smallest absolute Gasteiger partial charge is 0.146 e. The first-order valence-electron chi connectivity index (χ1n) is 5.47. The molecule has 0 bridgehead atoms. The van der Waals surface area contributed by atoms with Crippen LogP contribution >= 0.6 is 23.2 Å². The predicted octanol–water partition coefficient (Wildman–Crippen LogP) is 4.84. The largest absolute Gasteiger partial charge is 0.456 e. The standard InChI is InChI=1S/C14H12Cl2O2/c1-9(17)10-5-6-14(13(16)7-10)18-12-4-2-3-11(15)8-12/h2-9,17H,1H3/t9-/m0/s1. The van der Waals surface area contributed by atoms with Crippen molar-refractivity contribution in [2.24, 2.45) is 0 Å². The minimum atomic E-state index is -0.553. The van der Waals surface area contributed by atoms with Crippen molar-refractivity contribution < 1.29 is 9.84 Å². The average molecular weight is 283 g/mol. The Balaban J connectivity index is 2.24. The maximum absolute atomic E-state index is 9.45. The predicted molar refractivity (Wildman–Crippen MR) is 73.6 cm³/mol. The van der Waals surface area contributed by atoms with E-state index in [4.69, 9.17) is 27.9 Å². The van der Waals surface area contributed by atoms with E-state index >= 15 is 0 Å². The number of hydrogen-bond acceptors (Lipinski definition) is 2. The van der Waals surface area contributed by atoms with Gasteiger partial charge in [-0.3, -0.25) is 0 Å². The van der Waals surface area contributed by atoms with Crippen LogP contribution in [-0.4, -0.2) is 5.11 Å². The highest BCUT2D eigenvalue weighted by Gasteiger charge is 2.07. The number of benzene rings is 2. The normalized spacial score (nSPS) is 12.2. The van der Waals surface area contributed by atoms with E-state index in [0.717, 1.165) is 5.56 Å². The second-order valence-electron chi connectivity index (χ2n) is 3.93. The summed E-state index contributed by atoms with van der Waals surface area (Å²) in [6.07, 6.45) is -0.553. The zero-order chi connectivity index (χ0) is 13.1. The lowest BCUT2D eigenvalue weighted by Crippen LogP contribution is -1.92. The summed E-state index contributed by atoms with van der Waals surface area (Å²) in [7, 11) is 0. The Labute approximate surface area is 116 Å². The third kappa shape index (κ3) is 3.16. The van der Waals surface area contributed by atoms with Crippen LogP contribution in [0.2, 0.25) is 10.0 Å². The van der Waals surface area contributed by atoms with Crippen molar-refractivity contribution in [1.29, 1.82) is 0 Å². The van der Waals surface area contributed by atoms with Gasteiger partial charge in [0.05, 0.1) is 11.1 Å². The molecule has 94 valence electrons. The van der Waals surface area contributed by atoms with Gasteiger partial charge in [-0.25, -0.2) is 0 Å². The van der Waals surface area contributed by atoms with E-state index in [0.29, 0.717) is 21.5 Å². The SMILES string of the molecule is C[C@H](O)c1ccc(Oc2cccc(Cl)c2)c(Cl)c1. The first-order chi connectivity index (χ1) is 8.56. The average Bonchev–Trinajstić information content (AvgIpc) is 2.31. The fraction of sp³-hybridized carbons (Fsp3) is 0.143. The van der Waals surface area contributed by atoms with Gasteiger partial charge in [0, 0.05) is 5.02 Å². The zero-order valence-corrected chi connectivity index (χ0v) is 11.2. The van der Waals surface area contributed by atoms with Crippen LogP contribution in [0.25, 0.3) is 0 Å². The first kappa shape index (κ1) is 13.2. The van der Waals surface area contributed by atoms with E-state index in [2.05, 4.69) is 0 Å². The van der Waals surface area contributed by atoms with Gasteiger partial charge in [-0.05, 0) is 42.8 Å². The maximum Gasteiger partial charge on any atom is 0.146 e. The molecule has 0 radical (unpaired) electrons. The van der Waals surface area contributed by atoms with Crippen molar-refractivity contribution in [1.82, 2.24) is 0 Å². The van der Waals surface area contributed by atoms with Crippen molar-refractivity contribution in [2.75, 3.05) is 0 Å². The molecule has 2 nitrogen and oxygen atoms in total. The molecule has 0 aliphatic heterocycles. The van der Waals surface area contributed by atoms with Crippen LogP contribution in [0.5, 0.6) is 11.5 Å². The van der Waals surface area contributed by atoms with Crippen LogP contribution in [0.3, 0.4) is 0 Å². The molecule has 0 aromatic heterocycles. The monoisotopic (exact) mass is 282 g/mol. The molecule has 0 saturated heterocycles. The molecule has 2 aromatic carbocycles. The topological polar surface area (TPSA) is 29.5 Å². The number of ether oxygens (including phenoxy) is 1. The molecule has 0 saturated carbocycles. The van der Waals surface area contributed by atoms with Crippen LogP contribution in [0, 0.1) is 0 Å². The molecule has 0 aliphatic rings. The lowest BCUT2D eigenvalue weighted by Gasteiger charge is -2.10. The van der Waals surface area contributed by atoms with E-state index in [9.17, 15) is 5.11 Å². The van der Waals surface area contributed by atoms with Gasteiger partial charge < -0.3 is 9.84 Å². The Morgan fingerprint density at radius 2 is 1.89 bits per heavy atom. The van der Waals surface area contributed by atoms with E-state index in [-0.39, 0.29) is 0 Å². The van der Waals surface area contributed by atoms with Gasteiger partial charge in [0.15, 0.2) is 0 Å². The van der Waals surface area contributed by atoms with Crippen molar-refractivity contribution in [3.05, 3.63) is 58.1 Å². The summed E-state index contributed by atoms with van der Waals surface area (Å²) in [5.74, 6) is 1.15. The van der Waals surface area contributed by atoms with Crippen LogP contribution in [0.1, 0.15) is 18.6 Å². The highest BCUT2D eigenvalue weighted by Crippen LogP contribution is 2.32. The quantitative estimate of drug-likeness (QED) is 0.873. The lowest BCUT2D eigenvalue weighted by molar-refractivity contribution is 0.199. The molecule has 1 atom stereocenters. The van der Waals surface area contributed by atoms with E-state index in [1.54, 1.807) is 49.4 Å². The van der Waals surface area contributed by atoms with Gasteiger partial charge in [0.1, 0.15) is 11.5 Å². The zero-order valence-electron chi connectivity index (χ0n) is 9.73. The molecule has 0 amide bonds. The molecule has 0 spiro atoms. The lowest BCUT2D eigenvalue weighted by atomic mass is 10.1. The molecule has 0 aliphatic carbocycles. The molecule has 0 heterocycles. The minimum absolute atomic E-state index is 0.452. The highest BCUT2D eigenvalue weighted by molar-refractivity contribution is 6.32. The number of hydrogen-bond donors (Lipinski definition) is 1. The van der Waals surface area contributed by atoms with Crippen molar-refractivity contribution in [2.45, 2.75) is 13.0 Å². The van der Waals surface area contributed by atoms with Crippen LogP contribution < -0.4 is 4.74 Å². The number of halogens is 2. The summed E-state index contributed by atoms with van der Waals surface area (Å²) in [6, 6.07) is 12.3. The molecule has 2 rings (SSSR count). The fourth-order valence-electron chi connectivity index (χ4n) is 1.52. The van der Waals surface area contributed by atoms with Crippen LogP contribution in [0.4, 0.5) is 0 Å². The first-order valence-corrected chi connectivity index (χ1v) is 6.23.